The maximum absolute atomic E-state index is 13.2. The smallest absolute Gasteiger partial charge is 0.263 e. The summed E-state index contributed by atoms with van der Waals surface area (Å²) >= 11 is 11.9. The number of nitrogens with zero attached hydrogens (tertiary/aromatic N) is 2. The van der Waals surface area contributed by atoms with Crippen LogP contribution in [0.3, 0.4) is 0 Å². The number of halogens is 2. The monoisotopic (exact) mass is 479 g/mol. The fraction of sp³-hybridized carbons (Fsp3) is 0.0417. The molecule has 33 heavy (non-hydrogen) atoms. The van der Waals surface area contributed by atoms with Crippen molar-refractivity contribution in [2.45, 2.75) is 0 Å². The summed E-state index contributed by atoms with van der Waals surface area (Å²) in [5.74, 6) is 0.965. The highest BCUT2D eigenvalue weighted by Gasteiger charge is 2.21. The van der Waals surface area contributed by atoms with E-state index in [0.717, 1.165) is 17.0 Å². The number of anilines is 3. The molecular formula is C24H19Cl2N5O2. The van der Waals surface area contributed by atoms with E-state index in [9.17, 15) is 4.79 Å². The van der Waals surface area contributed by atoms with E-state index in [1.54, 1.807) is 49.7 Å². The van der Waals surface area contributed by atoms with Crippen molar-refractivity contribution in [3.8, 4) is 5.75 Å². The van der Waals surface area contributed by atoms with Crippen LogP contribution in [0.25, 0.3) is 0 Å². The lowest BCUT2D eigenvalue weighted by Crippen LogP contribution is -2.13. The number of aliphatic imine (C=N–C) groups is 1. The van der Waals surface area contributed by atoms with E-state index < -0.39 is 0 Å². The molecule has 0 aliphatic rings. The molecule has 4 rings (SSSR count). The second-order valence-electron chi connectivity index (χ2n) is 6.92. The van der Waals surface area contributed by atoms with Gasteiger partial charge in [0, 0.05) is 27.6 Å². The van der Waals surface area contributed by atoms with Crippen LogP contribution in [0, 0.1) is 0 Å². The summed E-state index contributed by atoms with van der Waals surface area (Å²) in [5.41, 5.74) is 2.41. The van der Waals surface area contributed by atoms with Crippen molar-refractivity contribution in [2.24, 2.45) is 4.99 Å². The van der Waals surface area contributed by atoms with Crippen molar-refractivity contribution in [1.29, 1.82) is 0 Å². The van der Waals surface area contributed by atoms with E-state index in [4.69, 9.17) is 27.9 Å². The van der Waals surface area contributed by atoms with Crippen LogP contribution in [0.5, 0.6) is 5.75 Å². The third kappa shape index (κ3) is 5.71. The van der Waals surface area contributed by atoms with Crippen LogP contribution in [-0.2, 0) is 0 Å². The van der Waals surface area contributed by atoms with Crippen LogP contribution >= 0.6 is 23.2 Å². The van der Waals surface area contributed by atoms with Crippen LogP contribution < -0.4 is 15.4 Å². The fourth-order valence-corrected chi connectivity index (χ4v) is 3.21. The highest BCUT2D eigenvalue weighted by molar-refractivity contribution is 6.31. The standard InChI is InChI=1S/C24H19Cl2N5O2/c1-33-20-12-10-18(11-13-20)28-23-21(24(32)29-19-8-6-17(26)7-9-19)22(30-31-23)27-14-15-2-4-16(25)5-3-15/h2-14H,1H3,(H,29,32)(H2,28,30,31). The Labute approximate surface area is 200 Å². The SMILES string of the molecule is COc1ccc(Nc2[nH]nc(N=Cc3ccc(Cl)cc3)c2C(=O)Nc2ccc(Cl)cc2)cc1. The molecule has 166 valence electrons. The van der Waals surface area contributed by atoms with E-state index in [0.29, 0.717) is 21.6 Å². The molecule has 0 saturated heterocycles. The number of nitrogens with one attached hydrogen (secondary N) is 3. The van der Waals surface area contributed by atoms with Gasteiger partial charge in [-0.25, -0.2) is 4.99 Å². The molecule has 3 aromatic carbocycles. The third-order valence-electron chi connectivity index (χ3n) is 4.64. The third-order valence-corrected chi connectivity index (χ3v) is 5.15. The number of H-pyrrole nitrogens is 1. The first-order chi connectivity index (χ1) is 16.0. The average molecular weight is 480 g/mol. The van der Waals surface area contributed by atoms with Gasteiger partial charge in [-0.3, -0.25) is 9.89 Å². The van der Waals surface area contributed by atoms with E-state index >= 15 is 0 Å². The van der Waals surface area contributed by atoms with Gasteiger partial charge < -0.3 is 15.4 Å². The van der Waals surface area contributed by atoms with Gasteiger partial charge in [0.05, 0.1) is 7.11 Å². The van der Waals surface area contributed by atoms with Gasteiger partial charge in [0.15, 0.2) is 5.82 Å². The van der Waals surface area contributed by atoms with E-state index in [1.165, 1.54) is 0 Å². The lowest BCUT2D eigenvalue weighted by Gasteiger charge is -2.09. The molecule has 0 unspecified atom stereocenters. The van der Waals surface area contributed by atoms with E-state index in [2.05, 4.69) is 25.8 Å². The molecule has 9 heteroatoms. The molecule has 0 spiro atoms. The van der Waals surface area contributed by atoms with Crippen LogP contribution in [-0.4, -0.2) is 29.4 Å². The number of benzene rings is 3. The first-order valence-electron chi connectivity index (χ1n) is 9.88. The summed E-state index contributed by atoms with van der Waals surface area (Å²) in [4.78, 5) is 17.6. The van der Waals surface area contributed by atoms with Crippen molar-refractivity contribution in [2.75, 3.05) is 17.7 Å². The molecule has 1 heterocycles. The van der Waals surface area contributed by atoms with Crippen molar-refractivity contribution in [3.63, 3.8) is 0 Å². The Hall–Kier alpha value is -3.81. The van der Waals surface area contributed by atoms with Crippen LogP contribution in [0.2, 0.25) is 10.0 Å². The van der Waals surface area contributed by atoms with Gasteiger partial charge >= 0.3 is 0 Å². The summed E-state index contributed by atoms with van der Waals surface area (Å²) in [6.45, 7) is 0. The largest absolute Gasteiger partial charge is 0.497 e. The summed E-state index contributed by atoms with van der Waals surface area (Å²) in [7, 11) is 1.60. The molecule has 0 bridgehead atoms. The molecule has 0 aliphatic carbocycles. The topological polar surface area (TPSA) is 91.4 Å². The van der Waals surface area contributed by atoms with Crippen molar-refractivity contribution in [1.82, 2.24) is 10.2 Å². The minimum Gasteiger partial charge on any atom is -0.497 e. The molecule has 0 radical (unpaired) electrons. The molecule has 0 saturated carbocycles. The van der Waals surface area contributed by atoms with Crippen molar-refractivity contribution < 1.29 is 9.53 Å². The van der Waals surface area contributed by atoms with Gasteiger partial charge in [0.2, 0.25) is 0 Å². The quantitative estimate of drug-likeness (QED) is 0.264. The maximum atomic E-state index is 13.2. The molecule has 7 nitrogen and oxygen atoms in total. The van der Waals surface area contributed by atoms with Crippen LogP contribution in [0.1, 0.15) is 15.9 Å². The van der Waals surface area contributed by atoms with Crippen molar-refractivity contribution in [3.05, 3.63) is 94.0 Å². The van der Waals surface area contributed by atoms with E-state index in [1.807, 2.05) is 36.4 Å². The van der Waals surface area contributed by atoms with Gasteiger partial charge in [0.25, 0.3) is 5.91 Å². The molecule has 4 aromatic rings. The number of amides is 1. The van der Waals surface area contributed by atoms with Crippen LogP contribution in [0.4, 0.5) is 23.0 Å². The first-order valence-corrected chi connectivity index (χ1v) is 10.6. The zero-order chi connectivity index (χ0) is 23.2. The average Bonchev–Trinajstić information content (AvgIpc) is 3.23. The molecule has 3 N–H and O–H groups in total. The fourth-order valence-electron chi connectivity index (χ4n) is 2.96. The summed E-state index contributed by atoms with van der Waals surface area (Å²) < 4.78 is 5.19. The number of hydrogen-bond acceptors (Lipinski definition) is 5. The summed E-state index contributed by atoms with van der Waals surface area (Å²) in [5, 5.41) is 14.3. The summed E-state index contributed by atoms with van der Waals surface area (Å²) in [6, 6.07) is 21.3. The highest BCUT2D eigenvalue weighted by Crippen LogP contribution is 2.29. The molecule has 0 fully saturated rings. The maximum Gasteiger partial charge on any atom is 0.263 e. The normalized spacial score (nSPS) is 10.9. The molecule has 1 aromatic heterocycles. The predicted octanol–water partition coefficient (Wildman–Crippen LogP) is 6.47. The highest BCUT2D eigenvalue weighted by atomic mass is 35.5. The molecule has 0 aliphatic heterocycles. The van der Waals surface area contributed by atoms with Gasteiger partial charge in [-0.15, -0.1) is 0 Å². The Morgan fingerprint density at radius 1 is 0.939 bits per heavy atom. The summed E-state index contributed by atoms with van der Waals surface area (Å²) in [6.07, 6.45) is 1.61. The predicted molar refractivity (Wildman–Crippen MR) is 133 cm³/mol. The Morgan fingerprint density at radius 2 is 1.55 bits per heavy atom. The van der Waals surface area contributed by atoms with Crippen LogP contribution in [0.15, 0.2) is 77.8 Å². The minimum absolute atomic E-state index is 0.229. The van der Waals surface area contributed by atoms with Crippen molar-refractivity contribution >= 4 is 58.3 Å². The number of carbonyl (C=O) groups is 1. The number of methoxy groups -OCH3 is 1. The number of carbonyl (C=O) groups excluding carboxylic acids is 1. The minimum atomic E-state index is -0.384. The zero-order valence-electron chi connectivity index (χ0n) is 17.5. The number of aromatic amines is 1. The number of ether oxygens (including phenoxy) is 1. The molecule has 1 amide bonds. The Bertz CT molecular complexity index is 1270. The van der Waals surface area contributed by atoms with Gasteiger partial charge in [-0.1, -0.05) is 35.3 Å². The zero-order valence-corrected chi connectivity index (χ0v) is 19.0. The van der Waals surface area contributed by atoms with Gasteiger partial charge in [-0.2, -0.15) is 5.10 Å². The Kier molecular flexibility index (Phi) is 6.92. The van der Waals surface area contributed by atoms with Gasteiger partial charge in [0.1, 0.15) is 17.1 Å². The Balaban J connectivity index is 1.65. The number of aromatic nitrogens is 2. The Morgan fingerprint density at radius 3 is 2.18 bits per heavy atom. The molecule has 0 atom stereocenters. The first kappa shape index (κ1) is 22.4. The molecular weight excluding hydrogens is 461 g/mol. The second-order valence-corrected chi connectivity index (χ2v) is 7.79. The second kappa shape index (κ2) is 10.2. The number of rotatable bonds is 7. The lowest BCUT2D eigenvalue weighted by molar-refractivity contribution is 0.102. The number of hydrogen-bond donors (Lipinski definition) is 3. The lowest BCUT2D eigenvalue weighted by atomic mass is 10.2. The van der Waals surface area contributed by atoms with E-state index in [-0.39, 0.29) is 17.3 Å². The van der Waals surface area contributed by atoms with Gasteiger partial charge in [-0.05, 0) is 66.2 Å².